The molecule has 0 fully saturated rings. The van der Waals surface area contributed by atoms with E-state index < -0.39 is 5.97 Å². The zero-order valence-corrected chi connectivity index (χ0v) is 19.1. The van der Waals surface area contributed by atoms with Gasteiger partial charge >= 0.3 is 12.0 Å². The van der Waals surface area contributed by atoms with E-state index in [-0.39, 0.29) is 18.1 Å². The minimum atomic E-state index is -0.398. The van der Waals surface area contributed by atoms with Crippen molar-refractivity contribution in [2.24, 2.45) is 5.10 Å². The molecule has 3 aromatic carbocycles. The molecule has 4 rings (SSSR count). The van der Waals surface area contributed by atoms with Gasteiger partial charge in [-0.1, -0.05) is 54.1 Å². The normalized spacial score (nSPS) is 15.3. The van der Waals surface area contributed by atoms with E-state index in [2.05, 4.69) is 10.4 Å². The molecule has 1 unspecified atom stereocenters. The van der Waals surface area contributed by atoms with Gasteiger partial charge in [-0.05, 0) is 61.4 Å². The summed E-state index contributed by atoms with van der Waals surface area (Å²) in [6.45, 7) is 4.00. The summed E-state index contributed by atoms with van der Waals surface area (Å²) in [5, 5.41) is 9.57. The first-order valence-electron chi connectivity index (χ1n) is 10.7. The van der Waals surface area contributed by atoms with Crippen LogP contribution in [0.15, 0.2) is 84.0 Å². The van der Waals surface area contributed by atoms with Crippen LogP contribution in [0.3, 0.4) is 0 Å². The van der Waals surface area contributed by atoms with Crippen LogP contribution in [0, 0.1) is 0 Å². The van der Waals surface area contributed by atoms with E-state index in [0.29, 0.717) is 22.8 Å². The summed E-state index contributed by atoms with van der Waals surface area (Å²) in [6, 6.07) is 23.7. The predicted molar refractivity (Wildman–Crippen MR) is 130 cm³/mol. The van der Waals surface area contributed by atoms with Gasteiger partial charge in [-0.15, -0.1) is 0 Å². The minimum Gasteiger partial charge on any atom is -0.459 e. The maximum atomic E-state index is 13.0. The molecule has 0 saturated heterocycles. The van der Waals surface area contributed by atoms with E-state index in [9.17, 15) is 9.59 Å². The van der Waals surface area contributed by atoms with E-state index >= 15 is 0 Å². The lowest BCUT2D eigenvalue weighted by Gasteiger charge is -2.16. The molecule has 2 amide bonds. The number of esters is 1. The molecule has 0 aliphatic carbocycles. The molecular weight excluding hydrogens is 438 g/mol. The van der Waals surface area contributed by atoms with E-state index in [1.165, 1.54) is 5.01 Å². The average molecular weight is 462 g/mol. The number of carbonyl (C=O) groups is 2. The highest BCUT2D eigenvalue weighted by Gasteiger charge is 2.32. The number of nitrogens with one attached hydrogen (secondary N) is 1. The summed E-state index contributed by atoms with van der Waals surface area (Å²) in [5.41, 5.74) is 3.79. The molecule has 1 aliphatic heterocycles. The maximum Gasteiger partial charge on any atom is 0.342 e. The highest BCUT2D eigenvalue weighted by Crippen LogP contribution is 2.29. The van der Waals surface area contributed by atoms with Crippen LogP contribution in [0.4, 0.5) is 10.5 Å². The van der Waals surface area contributed by atoms with E-state index in [0.717, 1.165) is 16.8 Å². The average Bonchev–Trinajstić information content (AvgIpc) is 3.26. The number of anilines is 1. The van der Waals surface area contributed by atoms with E-state index in [4.69, 9.17) is 16.3 Å². The van der Waals surface area contributed by atoms with Gasteiger partial charge in [-0.3, -0.25) is 0 Å². The minimum absolute atomic E-state index is 0.0636. The lowest BCUT2D eigenvalue weighted by molar-refractivity contribution is 0.0378. The maximum absolute atomic E-state index is 13.0. The Morgan fingerprint density at radius 3 is 2.30 bits per heavy atom. The molecule has 7 heteroatoms. The van der Waals surface area contributed by atoms with Crippen molar-refractivity contribution >= 4 is 35.0 Å². The van der Waals surface area contributed by atoms with Gasteiger partial charge in [0.15, 0.2) is 0 Å². The highest BCUT2D eigenvalue weighted by atomic mass is 35.5. The summed E-state index contributed by atoms with van der Waals surface area (Å²) < 4.78 is 5.19. The van der Waals surface area contributed by atoms with Crippen molar-refractivity contribution in [1.29, 1.82) is 0 Å². The number of hydrogen-bond acceptors (Lipinski definition) is 4. The molecule has 0 saturated carbocycles. The third-order valence-electron chi connectivity index (χ3n) is 5.20. The quantitative estimate of drug-likeness (QED) is 0.478. The number of nitrogens with zero attached hydrogens (tertiary/aromatic N) is 2. The third-order valence-corrected chi connectivity index (χ3v) is 5.46. The number of urea groups is 1. The summed E-state index contributed by atoms with van der Waals surface area (Å²) in [7, 11) is 0. The molecular formula is C26H24ClN3O3. The molecule has 3 aromatic rings. The first-order chi connectivity index (χ1) is 15.9. The van der Waals surface area contributed by atoms with Crippen LogP contribution < -0.4 is 5.32 Å². The van der Waals surface area contributed by atoms with Crippen molar-refractivity contribution in [3.63, 3.8) is 0 Å². The number of benzene rings is 3. The molecule has 1 aliphatic rings. The SMILES string of the molecule is CC(C)OC(=O)c1ccc(NC(=O)N2CC(c3ccccc3)C(c3ccc(Cl)cc3)=N2)cc1. The summed E-state index contributed by atoms with van der Waals surface area (Å²) in [4.78, 5) is 25.0. The fourth-order valence-corrected chi connectivity index (χ4v) is 3.74. The summed E-state index contributed by atoms with van der Waals surface area (Å²) in [6.07, 6.45) is -0.197. The van der Waals surface area contributed by atoms with Gasteiger partial charge < -0.3 is 10.1 Å². The van der Waals surface area contributed by atoms with Gasteiger partial charge in [-0.25, -0.2) is 14.6 Å². The molecule has 0 spiro atoms. The lowest BCUT2D eigenvalue weighted by Crippen LogP contribution is -2.30. The number of carbonyl (C=O) groups excluding carboxylic acids is 2. The number of amides is 2. The Labute approximate surface area is 197 Å². The van der Waals surface area contributed by atoms with Crippen LogP contribution in [0.5, 0.6) is 0 Å². The Hall–Kier alpha value is -3.64. The molecule has 1 heterocycles. The fraction of sp³-hybridized carbons (Fsp3) is 0.192. The molecule has 6 nitrogen and oxygen atoms in total. The highest BCUT2D eigenvalue weighted by molar-refractivity contribution is 6.30. The van der Waals surface area contributed by atoms with Crippen LogP contribution in [-0.2, 0) is 4.74 Å². The summed E-state index contributed by atoms with van der Waals surface area (Å²) in [5.74, 6) is -0.461. The number of ether oxygens (including phenoxy) is 1. The third kappa shape index (κ3) is 5.41. The zero-order valence-electron chi connectivity index (χ0n) is 18.4. The van der Waals surface area contributed by atoms with Gasteiger partial charge in [0.25, 0.3) is 0 Å². The molecule has 0 radical (unpaired) electrons. The second-order valence-corrected chi connectivity index (χ2v) is 8.44. The van der Waals surface area contributed by atoms with Crippen LogP contribution in [0.2, 0.25) is 5.02 Å². The van der Waals surface area contributed by atoms with Gasteiger partial charge in [0.2, 0.25) is 0 Å². The van der Waals surface area contributed by atoms with Crippen molar-refractivity contribution in [3.8, 4) is 0 Å². The van der Waals surface area contributed by atoms with E-state index in [1.54, 1.807) is 38.1 Å². The molecule has 0 bridgehead atoms. The van der Waals surface area contributed by atoms with Crippen molar-refractivity contribution < 1.29 is 14.3 Å². The van der Waals surface area contributed by atoms with Crippen LogP contribution in [0.25, 0.3) is 0 Å². The Kier molecular flexibility index (Phi) is 6.75. The van der Waals surface area contributed by atoms with Crippen molar-refractivity contribution in [1.82, 2.24) is 5.01 Å². The molecule has 1 atom stereocenters. The largest absolute Gasteiger partial charge is 0.459 e. The van der Waals surface area contributed by atoms with Crippen molar-refractivity contribution in [3.05, 3.63) is 101 Å². The molecule has 0 aromatic heterocycles. The van der Waals surface area contributed by atoms with Gasteiger partial charge in [0.05, 0.1) is 23.9 Å². The number of halogens is 1. The Bertz CT molecular complexity index is 1160. The smallest absolute Gasteiger partial charge is 0.342 e. The monoisotopic (exact) mass is 461 g/mol. The standard InChI is InChI=1S/C26H24ClN3O3/c1-17(2)33-25(31)20-10-14-22(15-11-20)28-26(32)30-16-23(18-6-4-3-5-7-18)24(29-30)19-8-12-21(27)13-9-19/h3-15,17,23H,16H2,1-2H3,(H,28,32). The first-order valence-corrected chi connectivity index (χ1v) is 11.1. The Morgan fingerprint density at radius 1 is 1.00 bits per heavy atom. The van der Waals surface area contributed by atoms with Gasteiger partial charge in [0, 0.05) is 16.6 Å². The fourth-order valence-electron chi connectivity index (χ4n) is 3.62. The predicted octanol–water partition coefficient (Wildman–Crippen LogP) is 5.94. The van der Waals surface area contributed by atoms with Gasteiger partial charge in [0.1, 0.15) is 0 Å². The molecule has 1 N–H and O–H groups in total. The zero-order chi connectivity index (χ0) is 23.4. The van der Waals surface area contributed by atoms with Gasteiger partial charge in [-0.2, -0.15) is 5.10 Å². The Morgan fingerprint density at radius 2 is 1.67 bits per heavy atom. The van der Waals surface area contributed by atoms with Crippen LogP contribution in [-0.4, -0.2) is 35.4 Å². The van der Waals surface area contributed by atoms with Crippen molar-refractivity contribution in [2.45, 2.75) is 25.9 Å². The number of hydrogen-bond donors (Lipinski definition) is 1. The first kappa shape index (κ1) is 22.6. The lowest BCUT2D eigenvalue weighted by atomic mass is 9.91. The van der Waals surface area contributed by atoms with Crippen molar-refractivity contribution in [2.75, 3.05) is 11.9 Å². The van der Waals surface area contributed by atoms with E-state index in [1.807, 2.05) is 54.6 Å². The topological polar surface area (TPSA) is 71.0 Å². The second kappa shape index (κ2) is 9.88. The van der Waals surface area contributed by atoms with Crippen LogP contribution >= 0.6 is 11.6 Å². The molecule has 33 heavy (non-hydrogen) atoms. The number of rotatable bonds is 5. The number of hydrazone groups is 1. The Balaban J connectivity index is 1.52. The summed E-state index contributed by atoms with van der Waals surface area (Å²) >= 11 is 6.05. The van der Waals surface area contributed by atoms with Crippen LogP contribution in [0.1, 0.15) is 41.3 Å². The second-order valence-electron chi connectivity index (χ2n) is 8.00. The molecule has 168 valence electrons.